The molecular weight excluding hydrogens is 250 g/mol. The molecule has 3 rings (SSSR count). The summed E-state index contributed by atoms with van der Waals surface area (Å²) < 4.78 is 0. The highest BCUT2D eigenvalue weighted by Crippen LogP contribution is 2.42. The fourth-order valence-electron chi connectivity index (χ4n) is 3.22. The lowest BCUT2D eigenvalue weighted by atomic mass is 9.87. The van der Waals surface area contributed by atoms with Crippen LogP contribution in [0.25, 0.3) is 0 Å². The number of benzene rings is 1. The molecule has 104 valence electrons. The van der Waals surface area contributed by atoms with Crippen LogP contribution in [0.3, 0.4) is 0 Å². The van der Waals surface area contributed by atoms with Gasteiger partial charge < -0.3 is 5.32 Å². The van der Waals surface area contributed by atoms with Gasteiger partial charge in [-0.25, -0.2) is 0 Å². The first-order chi connectivity index (χ1) is 9.14. The van der Waals surface area contributed by atoms with Gasteiger partial charge in [0.25, 0.3) is 0 Å². The van der Waals surface area contributed by atoms with Gasteiger partial charge >= 0.3 is 0 Å². The van der Waals surface area contributed by atoms with Crippen LogP contribution >= 0.6 is 11.8 Å². The highest BCUT2D eigenvalue weighted by atomic mass is 32.2. The second-order valence-corrected chi connectivity index (χ2v) is 8.00. The van der Waals surface area contributed by atoms with Gasteiger partial charge in [-0.05, 0) is 41.9 Å². The van der Waals surface area contributed by atoms with Gasteiger partial charge in [-0.2, -0.15) is 11.8 Å². The van der Waals surface area contributed by atoms with Gasteiger partial charge in [0.1, 0.15) is 0 Å². The third-order valence-corrected chi connectivity index (χ3v) is 5.90. The van der Waals surface area contributed by atoms with Crippen molar-refractivity contribution < 1.29 is 0 Å². The van der Waals surface area contributed by atoms with E-state index in [9.17, 15) is 0 Å². The molecule has 1 aromatic rings. The molecule has 1 aliphatic carbocycles. The Morgan fingerprint density at radius 1 is 1.21 bits per heavy atom. The Labute approximate surface area is 121 Å². The summed E-state index contributed by atoms with van der Waals surface area (Å²) in [6, 6.07) is 12.3. The molecule has 1 heterocycles. The molecule has 1 aliphatic heterocycles. The standard InChI is InChI=1S/C17H25NS/c1-17(2)10-15(11-19-12-17)18-16(14-8-9-14)13-6-4-3-5-7-13/h3-7,14-16,18H,8-12H2,1-2H3. The van der Waals surface area contributed by atoms with E-state index < -0.39 is 0 Å². The highest BCUT2D eigenvalue weighted by molar-refractivity contribution is 7.99. The molecule has 0 radical (unpaired) electrons. The molecule has 1 N–H and O–H groups in total. The lowest BCUT2D eigenvalue weighted by Gasteiger charge is -2.37. The maximum Gasteiger partial charge on any atom is 0.0351 e. The van der Waals surface area contributed by atoms with E-state index >= 15 is 0 Å². The second-order valence-electron chi connectivity index (χ2n) is 6.97. The molecular formula is C17H25NS. The van der Waals surface area contributed by atoms with Crippen LogP contribution in [-0.2, 0) is 0 Å². The van der Waals surface area contributed by atoms with Crippen LogP contribution in [0.4, 0.5) is 0 Å². The molecule has 2 fully saturated rings. The third-order valence-electron chi connectivity index (χ3n) is 4.28. The first kappa shape index (κ1) is 13.5. The minimum absolute atomic E-state index is 0.491. The van der Waals surface area contributed by atoms with Gasteiger partial charge in [-0.3, -0.25) is 0 Å². The quantitative estimate of drug-likeness (QED) is 0.881. The molecule has 1 aromatic carbocycles. The van der Waals surface area contributed by atoms with Gasteiger partial charge in [-0.1, -0.05) is 44.2 Å². The Balaban J connectivity index is 1.69. The van der Waals surface area contributed by atoms with Crippen LogP contribution in [0.2, 0.25) is 0 Å². The Morgan fingerprint density at radius 3 is 2.58 bits per heavy atom. The van der Waals surface area contributed by atoms with Crippen molar-refractivity contribution >= 4 is 11.8 Å². The van der Waals surface area contributed by atoms with E-state index in [1.165, 1.54) is 36.3 Å². The zero-order valence-corrected chi connectivity index (χ0v) is 12.9. The smallest absolute Gasteiger partial charge is 0.0351 e. The van der Waals surface area contributed by atoms with Crippen LogP contribution in [0, 0.1) is 11.3 Å². The first-order valence-corrected chi connectivity index (χ1v) is 8.68. The predicted molar refractivity (Wildman–Crippen MR) is 84.6 cm³/mol. The largest absolute Gasteiger partial charge is 0.306 e. The molecule has 2 unspecified atom stereocenters. The van der Waals surface area contributed by atoms with Crippen LogP contribution in [0.1, 0.15) is 44.7 Å². The van der Waals surface area contributed by atoms with E-state index in [1.54, 1.807) is 0 Å². The number of hydrogen-bond acceptors (Lipinski definition) is 2. The van der Waals surface area contributed by atoms with Gasteiger partial charge in [-0.15, -0.1) is 0 Å². The monoisotopic (exact) mass is 275 g/mol. The lowest BCUT2D eigenvalue weighted by Crippen LogP contribution is -2.42. The summed E-state index contributed by atoms with van der Waals surface area (Å²) in [4.78, 5) is 0. The van der Waals surface area contributed by atoms with Crippen molar-refractivity contribution in [1.82, 2.24) is 5.32 Å². The summed E-state index contributed by atoms with van der Waals surface area (Å²) in [5.41, 5.74) is 1.98. The van der Waals surface area contributed by atoms with E-state index in [2.05, 4.69) is 61.3 Å². The molecule has 2 atom stereocenters. The van der Waals surface area contributed by atoms with Crippen molar-refractivity contribution in [1.29, 1.82) is 0 Å². The third kappa shape index (κ3) is 3.55. The zero-order chi connectivity index (χ0) is 13.3. The molecule has 1 saturated carbocycles. The zero-order valence-electron chi connectivity index (χ0n) is 12.1. The summed E-state index contributed by atoms with van der Waals surface area (Å²) in [5.74, 6) is 3.46. The van der Waals surface area contributed by atoms with Crippen molar-refractivity contribution in [2.45, 2.75) is 45.2 Å². The average Bonchev–Trinajstić information content (AvgIpc) is 3.20. The highest BCUT2D eigenvalue weighted by Gasteiger charge is 2.36. The predicted octanol–water partition coefficient (Wildman–Crippen LogP) is 4.26. The Bertz CT molecular complexity index is 411. The van der Waals surface area contributed by atoms with Crippen LogP contribution < -0.4 is 5.32 Å². The minimum atomic E-state index is 0.491. The average molecular weight is 275 g/mol. The Kier molecular flexibility index (Phi) is 3.91. The summed E-state index contributed by atoms with van der Waals surface area (Å²) in [5, 5.41) is 3.97. The van der Waals surface area contributed by atoms with Gasteiger partial charge in [0.15, 0.2) is 0 Å². The van der Waals surface area contributed by atoms with E-state index in [0.29, 0.717) is 17.5 Å². The number of hydrogen-bond donors (Lipinski definition) is 1. The van der Waals surface area contributed by atoms with E-state index in [0.717, 1.165) is 5.92 Å². The molecule has 0 spiro atoms. The molecule has 0 amide bonds. The maximum absolute atomic E-state index is 3.97. The van der Waals surface area contributed by atoms with Crippen LogP contribution in [0.15, 0.2) is 30.3 Å². The molecule has 0 aromatic heterocycles. The fraction of sp³-hybridized carbons (Fsp3) is 0.647. The summed E-state index contributed by atoms with van der Waals surface area (Å²) in [6.45, 7) is 4.81. The normalized spacial score (nSPS) is 28.0. The SMILES string of the molecule is CC1(C)CSCC(NC(c2ccccc2)C2CC2)C1. The molecule has 2 aliphatic rings. The molecule has 2 heteroatoms. The van der Waals surface area contributed by atoms with Gasteiger partial charge in [0.2, 0.25) is 0 Å². The number of nitrogens with one attached hydrogen (secondary N) is 1. The Morgan fingerprint density at radius 2 is 1.95 bits per heavy atom. The van der Waals surface area contributed by atoms with Crippen molar-refractivity contribution in [2.75, 3.05) is 11.5 Å². The van der Waals surface area contributed by atoms with Crippen molar-refractivity contribution in [3.05, 3.63) is 35.9 Å². The lowest BCUT2D eigenvalue weighted by molar-refractivity contribution is 0.292. The molecule has 19 heavy (non-hydrogen) atoms. The Hall–Kier alpha value is -0.470. The summed E-state index contributed by atoms with van der Waals surface area (Å²) in [7, 11) is 0. The number of rotatable bonds is 4. The second kappa shape index (κ2) is 5.49. The molecule has 0 bridgehead atoms. The molecule has 1 saturated heterocycles. The summed E-state index contributed by atoms with van der Waals surface area (Å²) in [6.07, 6.45) is 4.11. The van der Waals surface area contributed by atoms with Crippen molar-refractivity contribution in [3.63, 3.8) is 0 Å². The van der Waals surface area contributed by atoms with E-state index in [1.807, 2.05) is 0 Å². The van der Waals surface area contributed by atoms with Crippen molar-refractivity contribution in [3.8, 4) is 0 Å². The first-order valence-electron chi connectivity index (χ1n) is 7.53. The molecule has 1 nitrogen and oxygen atoms in total. The maximum atomic E-state index is 3.97. The number of thioether (sulfide) groups is 1. The topological polar surface area (TPSA) is 12.0 Å². The van der Waals surface area contributed by atoms with E-state index in [4.69, 9.17) is 0 Å². The summed E-state index contributed by atoms with van der Waals surface area (Å²) >= 11 is 2.12. The van der Waals surface area contributed by atoms with Gasteiger partial charge in [0.05, 0.1) is 0 Å². The van der Waals surface area contributed by atoms with Crippen LogP contribution in [0.5, 0.6) is 0 Å². The fourth-order valence-corrected chi connectivity index (χ4v) is 4.50. The minimum Gasteiger partial charge on any atom is -0.306 e. The van der Waals surface area contributed by atoms with Gasteiger partial charge in [0, 0.05) is 17.8 Å². The van der Waals surface area contributed by atoms with E-state index in [-0.39, 0.29) is 0 Å². The van der Waals surface area contributed by atoms with Crippen LogP contribution in [-0.4, -0.2) is 17.5 Å². The van der Waals surface area contributed by atoms with Crippen molar-refractivity contribution in [2.24, 2.45) is 11.3 Å².